The molecule has 0 heterocycles. The second kappa shape index (κ2) is 1.40. The zero-order valence-electron chi connectivity index (χ0n) is 7.42. The molecule has 4 aliphatic rings. The largest absolute Gasteiger partial charge is 0.299 e. The molecule has 12 heavy (non-hydrogen) atoms. The molecule has 0 radical (unpaired) electrons. The van der Waals surface area contributed by atoms with Crippen LogP contribution in [-0.2, 0) is 4.79 Å². The molecule has 1 heteroatoms. The number of hydrogen-bond donors (Lipinski definition) is 0. The summed E-state index contributed by atoms with van der Waals surface area (Å²) in [6.07, 6.45) is 3.96. The maximum Gasteiger partial charge on any atom is 0.139 e. The molecule has 4 rings (SSSR count). The van der Waals surface area contributed by atoms with E-state index in [-0.39, 0.29) is 0 Å². The highest BCUT2D eigenvalue weighted by Crippen LogP contribution is 2.76. The molecule has 4 aliphatic carbocycles. The van der Waals surface area contributed by atoms with E-state index in [9.17, 15) is 4.79 Å². The van der Waals surface area contributed by atoms with Crippen molar-refractivity contribution in [2.24, 2.45) is 35.0 Å². The molecule has 0 aliphatic heterocycles. The van der Waals surface area contributed by atoms with Crippen LogP contribution < -0.4 is 0 Å². The topological polar surface area (TPSA) is 17.1 Å². The number of carbonyl (C=O) groups excluding carboxylic acids is 1. The highest BCUT2D eigenvalue weighted by Gasteiger charge is 2.74. The minimum absolute atomic E-state index is 0.525. The summed E-state index contributed by atoms with van der Waals surface area (Å²) in [5.74, 6) is 4.35. The Bertz CT molecular complexity index is 291. The van der Waals surface area contributed by atoms with Crippen molar-refractivity contribution in [1.82, 2.24) is 0 Å². The van der Waals surface area contributed by atoms with Crippen molar-refractivity contribution in [3.63, 3.8) is 0 Å². The minimum atomic E-state index is 0.525. The summed E-state index contributed by atoms with van der Waals surface area (Å²) in [6.45, 7) is 2.43. The van der Waals surface area contributed by atoms with Gasteiger partial charge in [-0.2, -0.15) is 0 Å². The smallest absolute Gasteiger partial charge is 0.139 e. The monoisotopic (exact) mass is 162 g/mol. The predicted octanol–water partition coefficient (Wildman–Crippen LogP) is 1.87. The third-order valence-electron chi connectivity index (χ3n) is 5.36. The molecule has 4 saturated carbocycles. The molecule has 6 unspecified atom stereocenters. The lowest BCUT2D eigenvalue weighted by Crippen LogP contribution is -2.40. The summed E-state index contributed by atoms with van der Waals surface area (Å²) >= 11 is 0. The summed E-state index contributed by atoms with van der Waals surface area (Å²) in [7, 11) is 0. The molecule has 6 atom stereocenters. The lowest BCUT2D eigenvalue weighted by molar-refractivity contribution is -0.133. The quantitative estimate of drug-likeness (QED) is 0.531. The number of hydrogen-bond acceptors (Lipinski definition) is 1. The van der Waals surface area contributed by atoms with Crippen LogP contribution in [0.5, 0.6) is 0 Å². The van der Waals surface area contributed by atoms with Crippen LogP contribution in [0.25, 0.3) is 0 Å². The van der Waals surface area contributed by atoms with Crippen LogP contribution in [0, 0.1) is 35.0 Å². The third-order valence-corrected chi connectivity index (χ3v) is 5.36. The Balaban J connectivity index is 1.96. The first-order valence-electron chi connectivity index (χ1n) is 5.24. The second-order valence-corrected chi connectivity index (χ2v) is 5.78. The average molecular weight is 162 g/mol. The summed E-state index contributed by atoms with van der Waals surface area (Å²) in [4.78, 5) is 11.7. The van der Waals surface area contributed by atoms with Crippen molar-refractivity contribution in [3.05, 3.63) is 0 Å². The van der Waals surface area contributed by atoms with Crippen molar-refractivity contribution in [2.45, 2.75) is 26.2 Å². The molecule has 64 valence electrons. The van der Waals surface area contributed by atoms with Crippen LogP contribution in [0.15, 0.2) is 0 Å². The van der Waals surface area contributed by atoms with Crippen molar-refractivity contribution in [3.8, 4) is 0 Å². The van der Waals surface area contributed by atoms with Crippen LogP contribution in [-0.4, -0.2) is 5.78 Å². The Morgan fingerprint density at radius 3 is 2.67 bits per heavy atom. The molecule has 1 nitrogen and oxygen atoms in total. The van der Waals surface area contributed by atoms with Gasteiger partial charge in [-0.25, -0.2) is 0 Å². The van der Waals surface area contributed by atoms with Gasteiger partial charge in [-0.15, -0.1) is 0 Å². The van der Waals surface area contributed by atoms with Gasteiger partial charge in [0.05, 0.1) is 0 Å². The zero-order chi connectivity index (χ0) is 8.09. The molecule has 0 aromatic rings. The van der Waals surface area contributed by atoms with Crippen molar-refractivity contribution < 1.29 is 4.79 Å². The van der Waals surface area contributed by atoms with E-state index < -0.39 is 0 Å². The van der Waals surface area contributed by atoms with E-state index in [1.54, 1.807) is 0 Å². The van der Waals surface area contributed by atoms with Crippen LogP contribution in [0.2, 0.25) is 0 Å². The van der Waals surface area contributed by atoms with Crippen molar-refractivity contribution in [1.29, 1.82) is 0 Å². The number of ketones is 1. The Hall–Kier alpha value is -0.330. The molecular formula is C11H14O. The average Bonchev–Trinajstić information content (AvgIpc) is 2.62. The number of rotatable bonds is 0. The van der Waals surface area contributed by atoms with Gasteiger partial charge in [-0.3, -0.25) is 4.79 Å². The first kappa shape index (κ1) is 6.17. The van der Waals surface area contributed by atoms with Crippen molar-refractivity contribution >= 4 is 5.78 Å². The normalized spacial score (nSPS) is 70.4. The fourth-order valence-electron chi connectivity index (χ4n) is 5.39. The van der Waals surface area contributed by atoms with Gasteiger partial charge < -0.3 is 0 Å². The molecule has 0 N–H and O–H groups in total. The fraction of sp³-hybridized carbons (Fsp3) is 0.909. The van der Waals surface area contributed by atoms with E-state index in [2.05, 4.69) is 6.92 Å². The van der Waals surface area contributed by atoms with Gasteiger partial charge in [-0.05, 0) is 42.4 Å². The van der Waals surface area contributed by atoms with Gasteiger partial charge in [0, 0.05) is 11.8 Å². The molecule has 0 amide bonds. The Kier molecular flexibility index (Phi) is 0.722. The third kappa shape index (κ3) is 0.381. The summed E-state index contributed by atoms with van der Waals surface area (Å²) in [5.41, 5.74) is 0.608. The summed E-state index contributed by atoms with van der Waals surface area (Å²) in [5, 5.41) is 0. The van der Waals surface area contributed by atoms with Gasteiger partial charge >= 0.3 is 0 Å². The first-order chi connectivity index (χ1) is 5.71. The second-order valence-electron chi connectivity index (χ2n) is 5.78. The van der Waals surface area contributed by atoms with Gasteiger partial charge in [0.2, 0.25) is 0 Å². The molecule has 0 saturated heterocycles. The van der Waals surface area contributed by atoms with Crippen LogP contribution in [0.3, 0.4) is 0 Å². The highest BCUT2D eigenvalue weighted by molar-refractivity contribution is 5.89. The maximum absolute atomic E-state index is 11.7. The minimum Gasteiger partial charge on any atom is -0.299 e. The molecule has 0 spiro atoms. The van der Waals surface area contributed by atoms with Gasteiger partial charge in [0.25, 0.3) is 0 Å². The molecule has 6 bridgehead atoms. The maximum atomic E-state index is 11.7. The summed E-state index contributed by atoms with van der Waals surface area (Å²) in [6, 6.07) is 0. The van der Waals surface area contributed by atoms with Crippen molar-refractivity contribution in [2.75, 3.05) is 0 Å². The van der Waals surface area contributed by atoms with E-state index in [0.29, 0.717) is 23.0 Å². The highest BCUT2D eigenvalue weighted by atomic mass is 16.1. The van der Waals surface area contributed by atoms with E-state index in [1.165, 1.54) is 19.3 Å². The number of Topliss-reactive ketones (excluding diaryl/α,β-unsaturated/α-hetero) is 1. The molecular weight excluding hydrogens is 148 g/mol. The van der Waals surface area contributed by atoms with E-state index in [1.807, 2.05) is 0 Å². The van der Waals surface area contributed by atoms with Crippen LogP contribution in [0.4, 0.5) is 0 Å². The zero-order valence-corrected chi connectivity index (χ0v) is 7.42. The van der Waals surface area contributed by atoms with Gasteiger partial charge in [0.15, 0.2) is 0 Å². The first-order valence-corrected chi connectivity index (χ1v) is 5.24. The SMILES string of the molecule is CC12CC3CC4C(=O)C(C1)C3C42. The standard InChI is InChI=1S/C11H14O/c1-11-3-5-2-6-9(11)8(5)7(4-11)10(6)12/h5-9H,2-4H2,1H3. The Morgan fingerprint density at radius 2 is 2.17 bits per heavy atom. The van der Waals surface area contributed by atoms with Crippen LogP contribution in [0.1, 0.15) is 26.2 Å². The fourth-order valence-corrected chi connectivity index (χ4v) is 5.39. The van der Waals surface area contributed by atoms with E-state index in [0.717, 1.165) is 17.8 Å². The molecule has 0 aromatic carbocycles. The van der Waals surface area contributed by atoms with E-state index >= 15 is 0 Å². The molecule has 0 aromatic heterocycles. The number of carbonyl (C=O) groups is 1. The lowest BCUT2D eigenvalue weighted by Gasteiger charge is -2.42. The van der Waals surface area contributed by atoms with Crippen LogP contribution >= 0.6 is 0 Å². The summed E-state index contributed by atoms with van der Waals surface area (Å²) < 4.78 is 0. The molecule has 4 fully saturated rings. The lowest BCUT2D eigenvalue weighted by atomic mass is 9.61. The van der Waals surface area contributed by atoms with E-state index in [4.69, 9.17) is 0 Å². The Morgan fingerprint density at radius 1 is 1.33 bits per heavy atom. The van der Waals surface area contributed by atoms with Gasteiger partial charge in [0.1, 0.15) is 5.78 Å². The Labute approximate surface area is 72.5 Å². The van der Waals surface area contributed by atoms with Gasteiger partial charge in [-0.1, -0.05) is 6.92 Å². The predicted molar refractivity (Wildman–Crippen MR) is 44.4 cm³/mol.